The number of nitrogens with two attached hydrogens (primary N) is 1. The topological polar surface area (TPSA) is 26.0 Å². The van der Waals surface area contributed by atoms with E-state index in [-0.39, 0.29) is 0 Å². The predicted molar refractivity (Wildman–Crippen MR) is 56.0 cm³/mol. The molecule has 0 spiro atoms. The lowest BCUT2D eigenvalue weighted by Crippen LogP contribution is -2.13. The van der Waals surface area contributed by atoms with Crippen LogP contribution in [0.4, 0.5) is 0 Å². The third-order valence-electron chi connectivity index (χ3n) is 2.91. The summed E-state index contributed by atoms with van der Waals surface area (Å²) in [5, 5.41) is 0.834. The molecule has 0 unspecified atom stereocenters. The highest BCUT2D eigenvalue weighted by Gasteiger charge is 2.43. The first kappa shape index (κ1) is 9.04. The Morgan fingerprint density at radius 3 is 2.69 bits per heavy atom. The van der Waals surface area contributed by atoms with Crippen LogP contribution in [0.25, 0.3) is 0 Å². The molecule has 1 nitrogen and oxygen atoms in total. The van der Waals surface area contributed by atoms with Gasteiger partial charge in [0.2, 0.25) is 0 Å². The lowest BCUT2D eigenvalue weighted by molar-refractivity contribution is 0.629. The first-order valence-electron chi connectivity index (χ1n) is 4.73. The summed E-state index contributed by atoms with van der Waals surface area (Å²) in [6, 6.07) is 8.18. The van der Waals surface area contributed by atoms with E-state index in [0.717, 1.165) is 18.0 Å². The number of hydrogen-bond acceptors (Lipinski definition) is 1. The molecule has 1 aromatic carbocycles. The van der Waals surface area contributed by atoms with E-state index >= 15 is 0 Å². The van der Waals surface area contributed by atoms with E-state index in [0.29, 0.717) is 5.41 Å². The Bertz CT molecular complexity index is 305. The molecule has 70 valence electrons. The minimum atomic E-state index is 0.375. The first-order valence-corrected chi connectivity index (χ1v) is 5.11. The zero-order valence-corrected chi connectivity index (χ0v) is 8.35. The van der Waals surface area contributed by atoms with Crippen LogP contribution in [0.15, 0.2) is 24.3 Å². The molecule has 2 rings (SSSR count). The average molecular weight is 196 g/mol. The van der Waals surface area contributed by atoms with E-state index in [4.69, 9.17) is 17.3 Å². The van der Waals surface area contributed by atoms with E-state index in [2.05, 4.69) is 12.1 Å². The van der Waals surface area contributed by atoms with Gasteiger partial charge in [0.25, 0.3) is 0 Å². The predicted octanol–water partition coefficient (Wildman–Crippen LogP) is 2.72. The molecule has 1 aromatic rings. The second kappa shape index (κ2) is 3.32. The molecule has 2 heteroatoms. The highest BCUT2D eigenvalue weighted by molar-refractivity contribution is 6.30. The van der Waals surface area contributed by atoms with Gasteiger partial charge in [-0.15, -0.1) is 0 Å². The van der Waals surface area contributed by atoms with Gasteiger partial charge in [-0.2, -0.15) is 0 Å². The van der Waals surface area contributed by atoms with E-state index in [1.807, 2.05) is 12.1 Å². The van der Waals surface area contributed by atoms with Gasteiger partial charge in [0.15, 0.2) is 0 Å². The maximum absolute atomic E-state index is 5.95. The maximum Gasteiger partial charge on any atom is 0.0408 e. The van der Waals surface area contributed by atoms with Gasteiger partial charge >= 0.3 is 0 Å². The van der Waals surface area contributed by atoms with Gasteiger partial charge in [0.05, 0.1) is 0 Å². The first-order chi connectivity index (χ1) is 6.27. The van der Waals surface area contributed by atoms with Crippen molar-refractivity contribution in [3.8, 4) is 0 Å². The van der Waals surface area contributed by atoms with E-state index in [1.165, 1.54) is 18.4 Å². The molecule has 0 heterocycles. The van der Waals surface area contributed by atoms with Crippen LogP contribution in [-0.2, 0) is 5.41 Å². The molecule has 1 aliphatic carbocycles. The standard InChI is InChI=1S/C11H14ClN/c12-10-3-1-2-9(8-10)11(4-5-11)6-7-13/h1-3,8H,4-7,13H2. The molecule has 0 atom stereocenters. The minimum absolute atomic E-state index is 0.375. The van der Waals surface area contributed by atoms with Crippen molar-refractivity contribution in [2.24, 2.45) is 5.73 Å². The summed E-state index contributed by atoms with van der Waals surface area (Å²) in [7, 11) is 0. The fourth-order valence-corrected chi connectivity index (χ4v) is 2.12. The lowest BCUT2D eigenvalue weighted by atomic mass is 9.93. The summed E-state index contributed by atoms with van der Waals surface area (Å²) in [5.41, 5.74) is 7.34. The molecule has 2 N–H and O–H groups in total. The van der Waals surface area contributed by atoms with Crippen LogP contribution in [0, 0.1) is 0 Å². The fraction of sp³-hybridized carbons (Fsp3) is 0.455. The Labute approximate surface area is 83.9 Å². The van der Waals surface area contributed by atoms with Crippen molar-refractivity contribution in [2.75, 3.05) is 6.54 Å². The second-order valence-electron chi connectivity index (χ2n) is 3.83. The summed E-state index contributed by atoms with van der Waals surface area (Å²) in [6.07, 6.45) is 3.63. The van der Waals surface area contributed by atoms with Crippen LogP contribution < -0.4 is 5.73 Å². The molecule has 13 heavy (non-hydrogen) atoms. The van der Waals surface area contributed by atoms with E-state index in [1.54, 1.807) is 0 Å². The van der Waals surface area contributed by atoms with Crippen molar-refractivity contribution in [1.82, 2.24) is 0 Å². The summed E-state index contributed by atoms with van der Waals surface area (Å²) >= 11 is 5.95. The van der Waals surface area contributed by atoms with Gasteiger partial charge in [-0.1, -0.05) is 23.7 Å². The third-order valence-corrected chi connectivity index (χ3v) is 3.15. The normalized spacial score (nSPS) is 18.6. The quantitative estimate of drug-likeness (QED) is 0.789. The molecule has 0 aromatic heterocycles. The smallest absolute Gasteiger partial charge is 0.0408 e. The van der Waals surface area contributed by atoms with Gasteiger partial charge in [-0.05, 0) is 48.9 Å². The molecule has 0 amide bonds. The largest absolute Gasteiger partial charge is 0.330 e. The van der Waals surface area contributed by atoms with Crippen molar-refractivity contribution in [3.05, 3.63) is 34.9 Å². The highest BCUT2D eigenvalue weighted by Crippen LogP contribution is 2.50. The van der Waals surface area contributed by atoms with Crippen LogP contribution in [0.2, 0.25) is 5.02 Å². The number of benzene rings is 1. The van der Waals surface area contributed by atoms with Crippen LogP contribution in [-0.4, -0.2) is 6.54 Å². The molecule has 0 saturated heterocycles. The van der Waals surface area contributed by atoms with Gasteiger partial charge in [0, 0.05) is 5.02 Å². The van der Waals surface area contributed by atoms with Crippen LogP contribution >= 0.6 is 11.6 Å². The third kappa shape index (κ3) is 1.72. The van der Waals surface area contributed by atoms with E-state index in [9.17, 15) is 0 Å². The average Bonchev–Trinajstić information content (AvgIpc) is 2.86. The van der Waals surface area contributed by atoms with Gasteiger partial charge in [-0.25, -0.2) is 0 Å². The Morgan fingerprint density at radius 2 is 2.15 bits per heavy atom. The van der Waals surface area contributed by atoms with Crippen molar-refractivity contribution in [1.29, 1.82) is 0 Å². The zero-order valence-electron chi connectivity index (χ0n) is 7.59. The molecule has 1 aliphatic rings. The Hall–Kier alpha value is -0.530. The maximum atomic E-state index is 5.95. The fourth-order valence-electron chi connectivity index (χ4n) is 1.93. The van der Waals surface area contributed by atoms with Crippen molar-refractivity contribution in [3.63, 3.8) is 0 Å². The highest BCUT2D eigenvalue weighted by atomic mass is 35.5. The number of rotatable bonds is 3. The van der Waals surface area contributed by atoms with Crippen LogP contribution in [0.5, 0.6) is 0 Å². The summed E-state index contributed by atoms with van der Waals surface area (Å²) in [5.74, 6) is 0. The van der Waals surface area contributed by atoms with Gasteiger partial charge in [0.1, 0.15) is 0 Å². The Balaban J connectivity index is 2.25. The van der Waals surface area contributed by atoms with Crippen LogP contribution in [0.1, 0.15) is 24.8 Å². The summed E-state index contributed by atoms with van der Waals surface area (Å²) in [6.45, 7) is 0.770. The van der Waals surface area contributed by atoms with Crippen molar-refractivity contribution < 1.29 is 0 Å². The molecule has 0 aliphatic heterocycles. The van der Waals surface area contributed by atoms with E-state index < -0.39 is 0 Å². The molecule has 1 saturated carbocycles. The van der Waals surface area contributed by atoms with Crippen LogP contribution in [0.3, 0.4) is 0 Å². The molecule has 0 radical (unpaired) electrons. The molecule has 1 fully saturated rings. The van der Waals surface area contributed by atoms with Crippen molar-refractivity contribution in [2.45, 2.75) is 24.7 Å². The lowest BCUT2D eigenvalue weighted by Gasteiger charge is -2.14. The van der Waals surface area contributed by atoms with Crippen molar-refractivity contribution >= 4 is 11.6 Å². The number of halogens is 1. The summed E-state index contributed by atoms with van der Waals surface area (Å²) < 4.78 is 0. The number of hydrogen-bond donors (Lipinski definition) is 1. The molecular formula is C11H14ClN. The second-order valence-corrected chi connectivity index (χ2v) is 4.27. The molecule has 0 bridgehead atoms. The molecular weight excluding hydrogens is 182 g/mol. The monoisotopic (exact) mass is 195 g/mol. The minimum Gasteiger partial charge on any atom is -0.330 e. The summed E-state index contributed by atoms with van der Waals surface area (Å²) in [4.78, 5) is 0. The Morgan fingerprint density at radius 1 is 1.38 bits per heavy atom. The van der Waals surface area contributed by atoms with Gasteiger partial charge in [-0.3, -0.25) is 0 Å². The zero-order chi connectivity index (χ0) is 9.31. The van der Waals surface area contributed by atoms with Gasteiger partial charge < -0.3 is 5.73 Å². The Kier molecular flexibility index (Phi) is 2.31. The SMILES string of the molecule is NCCC1(c2cccc(Cl)c2)CC1.